The lowest BCUT2D eigenvalue weighted by atomic mass is 9.96. The highest BCUT2D eigenvalue weighted by atomic mass is 19.4. The van der Waals surface area contributed by atoms with E-state index < -0.39 is 178 Å². The maximum atomic E-state index is 15.1. The molecule has 12 rings (SSSR count). The van der Waals surface area contributed by atoms with Crippen molar-refractivity contribution < 1.29 is 119 Å². The molecule has 10 aromatic carbocycles. The molecule has 2 aromatic heterocycles. The third kappa shape index (κ3) is 13.1. The summed E-state index contributed by atoms with van der Waals surface area (Å²) in [7, 11) is 0. The number of nitriles is 1. The van der Waals surface area contributed by atoms with Gasteiger partial charge in [0.2, 0.25) is 0 Å². The predicted molar refractivity (Wildman–Crippen MR) is 312 cm³/mol. The van der Waals surface area contributed by atoms with Gasteiger partial charge in [-0.05, 0) is 196 Å². The van der Waals surface area contributed by atoms with Gasteiger partial charge in [-0.2, -0.15) is 124 Å². The van der Waals surface area contributed by atoms with Crippen LogP contribution in [0.2, 0.25) is 0 Å². The zero-order valence-electron chi connectivity index (χ0n) is 48.9. The molecule has 0 aliphatic heterocycles. The number of halogens is 27. The molecular weight excluding hydrogens is 1400 g/mol. The number of nitrogens with zero attached hydrogens (tertiary/aromatic N) is 3. The van der Waals surface area contributed by atoms with Crippen LogP contribution >= 0.6 is 0 Å². The lowest BCUT2D eigenvalue weighted by Crippen LogP contribution is -2.11. The second-order valence-electron chi connectivity index (χ2n) is 22.9. The fourth-order valence-electron chi connectivity index (χ4n) is 11.9. The van der Waals surface area contributed by atoms with E-state index in [4.69, 9.17) is 0 Å². The second-order valence-corrected chi connectivity index (χ2v) is 22.9. The van der Waals surface area contributed by atoms with Crippen molar-refractivity contribution in [2.24, 2.45) is 0 Å². The van der Waals surface area contributed by atoms with Crippen molar-refractivity contribution in [3.8, 4) is 73.1 Å². The standard InChI is InChI=1S/C70H30F27N3/c71-62(72,73)42-3-1-2-37(14-42)61-59(99-55-8-4-33(38-15-43(63(74,75)76)27-44(16-38)64(77,78)79)23-51(55)52-24-34(5-9-56(52)99)39-17-45(65(80,81)82)28-46(18-39)66(83,84)85)12-32(31-98)13-60(61)100-57-10-6-35(40-19-47(67(86,87)88)29-48(20-40)68(89,90)91)25-53(57)54-26-36(7-11-58(54)100)41-21-49(69(92,93)94)30-50(22-41)70(95,96)97/h1-30H. The molecule has 0 fully saturated rings. The first-order valence-corrected chi connectivity index (χ1v) is 28.3. The third-order valence-corrected chi connectivity index (χ3v) is 16.4. The number of rotatable bonds is 7. The van der Waals surface area contributed by atoms with Gasteiger partial charge in [0.15, 0.2) is 0 Å². The summed E-state index contributed by atoms with van der Waals surface area (Å²) in [5.74, 6) is 0. The minimum absolute atomic E-state index is 0.207. The molecule has 514 valence electrons. The van der Waals surface area contributed by atoms with E-state index in [1.807, 2.05) is 6.07 Å². The number of hydrogen-bond acceptors (Lipinski definition) is 1. The molecular formula is C70H30F27N3. The average molecular weight is 1430 g/mol. The van der Waals surface area contributed by atoms with Gasteiger partial charge >= 0.3 is 55.6 Å². The van der Waals surface area contributed by atoms with Crippen LogP contribution in [-0.2, 0) is 55.6 Å². The van der Waals surface area contributed by atoms with Crippen LogP contribution < -0.4 is 0 Å². The van der Waals surface area contributed by atoms with E-state index in [9.17, 15) is 111 Å². The summed E-state index contributed by atoms with van der Waals surface area (Å²) in [5, 5.41) is 9.72. The van der Waals surface area contributed by atoms with Gasteiger partial charge in [-0.15, -0.1) is 0 Å². The first-order valence-electron chi connectivity index (χ1n) is 28.3. The van der Waals surface area contributed by atoms with Gasteiger partial charge < -0.3 is 9.13 Å². The summed E-state index contributed by atoms with van der Waals surface area (Å²) < 4.78 is 393. The Kier molecular flexibility index (Phi) is 16.1. The Bertz CT molecular complexity index is 4670. The first-order chi connectivity index (χ1) is 46.1. The minimum Gasteiger partial charge on any atom is -0.308 e. The Morgan fingerprint density at radius 1 is 0.220 bits per heavy atom. The lowest BCUT2D eigenvalue weighted by molar-refractivity contribution is -0.144. The van der Waals surface area contributed by atoms with Crippen LogP contribution in [0.3, 0.4) is 0 Å². The van der Waals surface area contributed by atoms with E-state index >= 15 is 13.2 Å². The largest absolute Gasteiger partial charge is 0.416 e. The number of aromatic nitrogens is 2. The molecule has 0 aliphatic rings. The maximum absolute atomic E-state index is 15.1. The molecule has 0 radical (unpaired) electrons. The van der Waals surface area contributed by atoms with Crippen LogP contribution in [0.1, 0.15) is 55.6 Å². The second kappa shape index (κ2) is 23.3. The van der Waals surface area contributed by atoms with Crippen LogP contribution in [0.25, 0.3) is 111 Å². The van der Waals surface area contributed by atoms with Crippen LogP contribution in [0, 0.1) is 11.3 Å². The third-order valence-electron chi connectivity index (χ3n) is 16.4. The fourth-order valence-corrected chi connectivity index (χ4v) is 11.9. The summed E-state index contributed by atoms with van der Waals surface area (Å²) in [6.45, 7) is 0. The van der Waals surface area contributed by atoms with Gasteiger partial charge in [-0.25, -0.2) is 0 Å². The van der Waals surface area contributed by atoms with Crippen molar-refractivity contribution in [2.45, 2.75) is 55.6 Å². The number of benzene rings is 10. The first kappa shape index (κ1) is 69.3. The molecule has 0 unspecified atom stereocenters. The summed E-state index contributed by atoms with van der Waals surface area (Å²) in [6, 6.07) is 20.5. The van der Waals surface area contributed by atoms with Crippen molar-refractivity contribution in [3.05, 3.63) is 238 Å². The fraction of sp³-hybridized carbons (Fsp3) is 0.129. The van der Waals surface area contributed by atoms with Crippen LogP contribution in [0.4, 0.5) is 119 Å². The maximum Gasteiger partial charge on any atom is 0.416 e. The summed E-state index contributed by atoms with van der Waals surface area (Å²) in [5.41, 5.74) is -24.5. The van der Waals surface area contributed by atoms with Crippen molar-refractivity contribution in [1.29, 1.82) is 5.26 Å². The number of fused-ring (bicyclic) bond motifs is 6. The summed E-state index contributed by atoms with van der Waals surface area (Å²) in [6.07, 6.45) is -48.8. The van der Waals surface area contributed by atoms with Crippen molar-refractivity contribution in [3.63, 3.8) is 0 Å². The number of hydrogen-bond donors (Lipinski definition) is 0. The Labute approximate surface area is 541 Å². The molecule has 0 amide bonds. The van der Waals surface area contributed by atoms with Crippen molar-refractivity contribution >= 4 is 43.6 Å². The molecule has 0 atom stereocenters. The molecule has 0 bridgehead atoms. The van der Waals surface area contributed by atoms with Gasteiger partial charge in [-0.1, -0.05) is 36.4 Å². The molecule has 3 nitrogen and oxygen atoms in total. The molecule has 0 aliphatic carbocycles. The molecule has 0 saturated heterocycles. The highest BCUT2D eigenvalue weighted by Gasteiger charge is 2.42. The lowest BCUT2D eigenvalue weighted by Gasteiger charge is -2.22. The predicted octanol–water partition coefficient (Wildman–Crippen LogP) is 25.3. The highest BCUT2D eigenvalue weighted by molar-refractivity contribution is 6.14. The molecule has 12 aromatic rings. The van der Waals surface area contributed by atoms with Gasteiger partial charge in [0.25, 0.3) is 0 Å². The smallest absolute Gasteiger partial charge is 0.308 e. The van der Waals surface area contributed by atoms with E-state index in [2.05, 4.69) is 0 Å². The Morgan fingerprint density at radius 2 is 0.440 bits per heavy atom. The van der Waals surface area contributed by atoms with Crippen LogP contribution in [-0.4, -0.2) is 9.13 Å². The Hall–Kier alpha value is -10.6. The molecule has 30 heteroatoms. The normalized spacial score (nSPS) is 13.3. The molecule has 100 heavy (non-hydrogen) atoms. The minimum atomic E-state index is -5.44. The topological polar surface area (TPSA) is 33.6 Å². The van der Waals surface area contributed by atoms with Crippen LogP contribution in [0.15, 0.2) is 182 Å². The molecule has 0 N–H and O–H groups in total. The average Bonchev–Trinajstić information content (AvgIpc) is 1.56. The van der Waals surface area contributed by atoms with E-state index in [-0.39, 0.29) is 67.9 Å². The SMILES string of the molecule is N#Cc1cc(-n2c3ccc(-c4cc(C(F)(F)F)cc(C(F)(F)F)c4)cc3c3cc(-c4cc(C(F)(F)F)cc(C(F)(F)F)c4)ccc32)c(-c2cccc(C(F)(F)F)c2)c(-n2c3ccc(-c4cc(C(F)(F)F)cc(C(F)(F)F)c4)cc3c3cc(-c4cc(C(F)(F)F)cc(C(F)(F)F)c4)ccc32)c1. The van der Waals surface area contributed by atoms with Crippen molar-refractivity contribution in [1.82, 2.24) is 9.13 Å². The summed E-state index contributed by atoms with van der Waals surface area (Å²) >= 11 is 0. The molecule has 2 heterocycles. The Balaban J connectivity index is 1.23. The highest BCUT2D eigenvalue weighted by Crippen LogP contribution is 2.50. The van der Waals surface area contributed by atoms with E-state index in [1.54, 1.807) is 0 Å². The van der Waals surface area contributed by atoms with Gasteiger partial charge in [-0.3, -0.25) is 0 Å². The Morgan fingerprint density at radius 3 is 0.650 bits per heavy atom. The van der Waals surface area contributed by atoms with E-state index in [1.165, 1.54) is 0 Å². The van der Waals surface area contributed by atoms with Crippen LogP contribution in [0.5, 0.6) is 0 Å². The number of alkyl halides is 27. The van der Waals surface area contributed by atoms with Gasteiger partial charge in [0.1, 0.15) is 0 Å². The van der Waals surface area contributed by atoms with E-state index in [0.717, 1.165) is 106 Å². The monoisotopic (exact) mass is 1430 g/mol. The molecule has 0 spiro atoms. The zero-order valence-corrected chi connectivity index (χ0v) is 48.9. The summed E-state index contributed by atoms with van der Waals surface area (Å²) in [4.78, 5) is 0. The van der Waals surface area contributed by atoms with Gasteiger partial charge in [0.05, 0.1) is 95.1 Å². The van der Waals surface area contributed by atoms with Gasteiger partial charge in [0, 0.05) is 27.1 Å². The van der Waals surface area contributed by atoms with Crippen molar-refractivity contribution in [2.75, 3.05) is 0 Å². The van der Waals surface area contributed by atoms with E-state index in [0.29, 0.717) is 60.7 Å². The molecule has 0 saturated carbocycles. The zero-order chi connectivity index (χ0) is 72.9. The quantitative estimate of drug-likeness (QED) is 0.146.